The predicted molar refractivity (Wildman–Crippen MR) is 111 cm³/mol. The van der Waals surface area contributed by atoms with Gasteiger partial charge in [0.05, 0.1) is 24.0 Å². The number of amides is 2. The third kappa shape index (κ3) is 6.27. The maximum atomic E-state index is 12.8. The van der Waals surface area contributed by atoms with Gasteiger partial charge < -0.3 is 20.1 Å². The van der Waals surface area contributed by atoms with Crippen molar-refractivity contribution in [3.63, 3.8) is 0 Å². The van der Waals surface area contributed by atoms with Crippen molar-refractivity contribution >= 4 is 18.0 Å². The highest BCUT2D eigenvalue weighted by Crippen LogP contribution is 2.17. The molecule has 2 N–H and O–H groups in total. The molecule has 0 spiro atoms. The number of piperidine rings is 1. The summed E-state index contributed by atoms with van der Waals surface area (Å²) in [6, 6.07) is 6.88. The maximum Gasteiger partial charge on any atom is 0.407 e. The van der Waals surface area contributed by atoms with Crippen LogP contribution in [0.3, 0.4) is 0 Å². The molecule has 10 heteroatoms. The zero-order valence-corrected chi connectivity index (χ0v) is 17.9. The number of hydrogen-bond acceptors (Lipinski definition) is 6. The highest BCUT2D eigenvalue weighted by Gasteiger charge is 2.26. The summed E-state index contributed by atoms with van der Waals surface area (Å²) in [7, 11) is 0. The first-order valence-corrected chi connectivity index (χ1v) is 10.1. The zero-order valence-electron chi connectivity index (χ0n) is 17.9. The number of alkyl carbamates (subject to hydrolysis) is 1. The van der Waals surface area contributed by atoms with Crippen molar-refractivity contribution in [2.24, 2.45) is 0 Å². The lowest BCUT2D eigenvalue weighted by Crippen LogP contribution is -2.47. The minimum atomic E-state index is -0.974. The Labute approximate surface area is 180 Å². The number of nitrogens with zero attached hydrogens (tertiary/aromatic N) is 4. The van der Waals surface area contributed by atoms with Crippen LogP contribution in [-0.4, -0.2) is 67.7 Å². The Kier molecular flexibility index (Phi) is 6.57. The van der Waals surface area contributed by atoms with Crippen LogP contribution in [0.2, 0.25) is 0 Å². The van der Waals surface area contributed by atoms with Crippen LogP contribution in [0.25, 0.3) is 5.69 Å². The number of nitrogens with one attached hydrogen (secondary N) is 1. The molecule has 31 heavy (non-hydrogen) atoms. The van der Waals surface area contributed by atoms with E-state index in [0.29, 0.717) is 42.9 Å². The van der Waals surface area contributed by atoms with Crippen molar-refractivity contribution < 1.29 is 24.2 Å². The third-order valence-electron chi connectivity index (χ3n) is 4.76. The summed E-state index contributed by atoms with van der Waals surface area (Å²) >= 11 is 0. The number of likely N-dealkylation sites (tertiary alicyclic amines) is 1. The lowest BCUT2D eigenvalue weighted by molar-refractivity contribution is -0.136. The molecule has 166 valence electrons. The largest absolute Gasteiger partial charge is 0.481 e. The molecule has 0 radical (unpaired) electrons. The highest BCUT2D eigenvalue weighted by atomic mass is 16.6. The SMILES string of the molecule is CC(C)(C)OC(=O)NC1CCN(C(=O)c2ccc(-n3cc(CC(=O)O)nn3)cc2)CC1. The summed E-state index contributed by atoms with van der Waals surface area (Å²) < 4.78 is 6.75. The van der Waals surface area contributed by atoms with Gasteiger partial charge >= 0.3 is 12.1 Å². The maximum absolute atomic E-state index is 12.8. The predicted octanol–water partition coefficient (Wildman–Crippen LogP) is 2.02. The van der Waals surface area contributed by atoms with Gasteiger partial charge in [-0.3, -0.25) is 9.59 Å². The van der Waals surface area contributed by atoms with Crippen LogP contribution in [0.1, 0.15) is 49.7 Å². The Hall–Kier alpha value is -3.43. The summed E-state index contributed by atoms with van der Waals surface area (Å²) in [5, 5.41) is 19.4. The second-order valence-corrected chi connectivity index (χ2v) is 8.48. The normalized spacial score (nSPS) is 14.9. The van der Waals surface area contributed by atoms with Gasteiger partial charge in [0.2, 0.25) is 0 Å². The van der Waals surface area contributed by atoms with Crippen molar-refractivity contribution in [1.82, 2.24) is 25.2 Å². The highest BCUT2D eigenvalue weighted by molar-refractivity contribution is 5.94. The van der Waals surface area contributed by atoms with E-state index in [4.69, 9.17) is 9.84 Å². The van der Waals surface area contributed by atoms with E-state index in [2.05, 4.69) is 15.6 Å². The quantitative estimate of drug-likeness (QED) is 0.744. The molecular weight excluding hydrogens is 402 g/mol. The van der Waals surface area contributed by atoms with Gasteiger partial charge in [0, 0.05) is 24.7 Å². The van der Waals surface area contributed by atoms with Crippen LogP contribution < -0.4 is 5.32 Å². The van der Waals surface area contributed by atoms with Gasteiger partial charge in [-0.05, 0) is 57.9 Å². The summed E-state index contributed by atoms with van der Waals surface area (Å²) in [6.07, 6.45) is 2.23. The van der Waals surface area contributed by atoms with Gasteiger partial charge in [0.25, 0.3) is 5.91 Å². The first-order valence-electron chi connectivity index (χ1n) is 10.1. The van der Waals surface area contributed by atoms with E-state index >= 15 is 0 Å². The summed E-state index contributed by atoms with van der Waals surface area (Å²) in [5.41, 5.74) is 1.04. The Morgan fingerprint density at radius 3 is 2.39 bits per heavy atom. The Morgan fingerprint density at radius 1 is 1.16 bits per heavy atom. The number of carbonyl (C=O) groups excluding carboxylic acids is 2. The molecule has 2 amide bonds. The molecule has 1 saturated heterocycles. The monoisotopic (exact) mass is 429 g/mol. The molecule has 10 nitrogen and oxygen atoms in total. The van der Waals surface area contributed by atoms with E-state index in [1.807, 2.05) is 20.8 Å². The molecule has 1 aromatic heterocycles. The number of carboxylic acid groups (broad SMARTS) is 1. The molecule has 0 unspecified atom stereocenters. The van der Waals surface area contributed by atoms with Crippen LogP contribution >= 0.6 is 0 Å². The van der Waals surface area contributed by atoms with Crippen LogP contribution in [-0.2, 0) is 16.0 Å². The number of hydrogen-bond donors (Lipinski definition) is 2. The molecule has 1 aliphatic heterocycles. The molecule has 1 fully saturated rings. The van der Waals surface area contributed by atoms with Gasteiger partial charge in [-0.1, -0.05) is 5.21 Å². The first-order chi connectivity index (χ1) is 14.6. The summed E-state index contributed by atoms with van der Waals surface area (Å²) in [5.74, 6) is -1.05. The van der Waals surface area contributed by atoms with Gasteiger partial charge in [0.1, 0.15) is 5.60 Å². The first kappa shape index (κ1) is 22.3. The van der Waals surface area contributed by atoms with Gasteiger partial charge in [0.15, 0.2) is 0 Å². The van der Waals surface area contributed by atoms with Crippen molar-refractivity contribution in [1.29, 1.82) is 0 Å². The van der Waals surface area contributed by atoms with E-state index in [0.717, 1.165) is 0 Å². The number of aliphatic carboxylic acids is 1. The van der Waals surface area contributed by atoms with Crippen molar-refractivity contribution in [3.8, 4) is 5.69 Å². The van der Waals surface area contributed by atoms with E-state index in [9.17, 15) is 14.4 Å². The van der Waals surface area contributed by atoms with Crippen molar-refractivity contribution in [2.45, 2.75) is 51.7 Å². The van der Waals surface area contributed by atoms with E-state index in [-0.39, 0.29) is 18.4 Å². The summed E-state index contributed by atoms with van der Waals surface area (Å²) in [6.45, 7) is 6.54. The number of carboxylic acids is 1. The van der Waals surface area contributed by atoms with Crippen LogP contribution in [0, 0.1) is 0 Å². The fourth-order valence-electron chi connectivity index (χ4n) is 3.30. The molecule has 2 heterocycles. The summed E-state index contributed by atoms with van der Waals surface area (Å²) in [4.78, 5) is 37.2. The Morgan fingerprint density at radius 2 is 1.81 bits per heavy atom. The number of benzene rings is 1. The molecule has 0 saturated carbocycles. The lowest BCUT2D eigenvalue weighted by Gasteiger charge is -2.33. The van der Waals surface area contributed by atoms with E-state index in [1.165, 1.54) is 4.68 Å². The molecule has 2 aromatic rings. The molecule has 0 atom stereocenters. The van der Waals surface area contributed by atoms with Crippen LogP contribution in [0.15, 0.2) is 30.5 Å². The van der Waals surface area contributed by atoms with Gasteiger partial charge in [-0.2, -0.15) is 0 Å². The van der Waals surface area contributed by atoms with Gasteiger partial charge in [-0.25, -0.2) is 9.48 Å². The average Bonchev–Trinajstić information content (AvgIpc) is 3.14. The third-order valence-corrected chi connectivity index (χ3v) is 4.76. The van der Waals surface area contributed by atoms with Crippen molar-refractivity contribution in [2.75, 3.05) is 13.1 Å². The number of aromatic nitrogens is 3. The molecule has 1 aromatic carbocycles. The Bertz CT molecular complexity index is 940. The van der Waals surface area contributed by atoms with E-state index < -0.39 is 17.7 Å². The number of rotatable bonds is 5. The molecule has 1 aliphatic rings. The number of carbonyl (C=O) groups is 3. The Balaban J connectivity index is 1.53. The zero-order chi connectivity index (χ0) is 22.6. The number of ether oxygens (including phenoxy) is 1. The topological polar surface area (TPSA) is 127 Å². The standard InChI is InChI=1S/C21H27N5O5/c1-21(2,3)31-20(30)22-15-8-10-25(11-9-15)19(29)14-4-6-17(7-5-14)26-13-16(23-24-26)12-18(27)28/h4-7,13,15H,8-12H2,1-3H3,(H,22,30)(H,27,28). The molecule has 3 rings (SSSR count). The molecular formula is C21H27N5O5. The van der Waals surface area contributed by atoms with Crippen LogP contribution in [0.4, 0.5) is 4.79 Å². The molecule has 0 bridgehead atoms. The second-order valence-electron chi connectivity index (χ2n) is 8.48. The van der Waals surface area contributed by atoms with Gasteiger partial charge in [-0.15, -0.1) is 5.10 Å². The average molecular weight is 429 g/mol. The molecule has 0 aliphatic carbocycles. The fourth-order valence-corrected chi connectivity index (χ4v) is 3.30. The minimum Gasteiger partial charge on any atom is -0.481 e. The van der Waals surface area contributed by atoms with Crippen molar-refractivity contribution in [3.05, 3.63) is 41.7 Å². The second kappa shape index (κ2) is 9.15. The lowest BCUT2D eigenvalue weighted by atomic mass is 10.0. The smallest absolute Gasteiger partial charge is 0.407 e. The van der Waals surface area contributed by atoms with Crippen LogP contribution in [0.5, 0.6) is 0 Å². The minimum absolute atomic E-state index is 0.0198. The van der Waals surface area contributed by atoms with E-state index in [1.54, 1.807) is 35.4 Å². The fraction of sp³-hybridized carbons (Fsp3) is 0.476.